The van der Waals surface area contributed by atoms with Gasteiger partial charge in [0.15, 0.2) is 0 Å². The second kappa shape index (κ2) is 20.5. The Labute approximate surface area is 359 Å². The number of unbranched alkanes of at least 4 members (excludes halogenated alkanes) is 2. The fourth-order valence-corrected chi connectivity index (χ4v) is 9.12. The lowest BCUT2D eigenvalue weighted by molar-refractivity contribution is -0.384. The molecule has 2 aliphatic carbocycles. The van der Waals surface area contributed by atoms with E-state index >= 15 is 0 Å². The number of carbonyl (C=O) groups excluding carboxylic acids is 1. The smallest absolute Gasteiger partial charge is 0.410 e. The molecular weight excluding hydrogens is 779 g/mol. The largest absolute Gasteiger partial charge is 0.459 e. The third-order valence-corrected chi connectivity index (χ3v) is 11.6. The average Bonchev–Trinajstić information content (AvgIpc) is 3.24. The number of amides is 1. The lowest BCUT2D eigenvalue weighted by Crippen LogP contribution is -2.70. The van der Waals surface area contributed by atoms with E-state index < -0.39 is 34.4 Å². The molecule has 3 aromatic rings. The number of carbonyl (C=O) groups is 1. The molecule has 61 heavy (non-hydrogen) atoms. The molecule has 6 rings (SSSR count). The van der Waals surface area contributed by atoms with Crippen LogP contribution in [0.4, 0.5) is 10.5 Å². The summed E-state index contributed by atoms with van der Waals surface area (Å²) in [7, 11) is 0. The van der Waals surface area contributed by atoms with Crippen LogP contribution < -0.4 is 9.47 Å². The number of nitro benzene ring substituents is 1. The first kappa shape index (κ1) is 45.3. The highest BCUT2D eigenvalue weighted by molar-refractivity contribution is 6.03. The molecule has 1 amide bonds. The summed E-state index contributed by atoms with van der Waals surface area (Å²) in [5.74, 6) is -0.888. The van der Waals surface area contributed by atoms with Gasteiger partial charge in [0, 0.05) is 43.7 Å². The predicted octanol–water partition coefficient (Wildman–Crippen LogP) is 9.87. The molecule has 3 aliphatic rings. The summed E-state index contributed by atoms with van der Waals surface area (Å²) >= 11 is 0. The Morgan fingerprint density at radius 1 is 1.02 bits per heavy atom. The summed E-state index contributed by atoms with van der Waals surface area (Å²) in [6.45, 7) is 12.5. The van der Waals surface area contributed by atoms with Crippen LogP contribution in [0.3, 0.4) is 0 Å². The van der Waals surface area contributed by atoms with E-state index in [1.54, 1.807) is 29.2 Å². The van der Waals surface area contributed by atoms with Crippen LogP contribution in [-0.2, 0) is 20.9 Å². The summed E-state index contributed by atoms with van der Waals surface area (Å²) in [5, 5.41) is 36.4. The molecule has 0 radical (unpaired) electrons. The normalized spacial score (nSPS) is 23.5. The Kier molecular flexibility index (Phi) is 15.3. The number of oxime groups is 1. The molecule has 0 saturated heterocycles. The van der Waals surface area contributed by atoms with Gasteiger partial charge in [0.05, 0.1) is 29.2 Å². The van der Waals surface area contributed by atoms with Gasteiger partial charge in [-0.3, -0.25) is 15.0 Å². The van der Waals surface area contributed by atoms with Gasteiger partial charge < -0.3 is 34.0 Å². The van der Waals surface area contributed by atoms with Gasteiger partial charge in [0.2, 0.25) is 5.79 Å². The number of non-ortho nitro benzene ring substituents is 1. The van der Waals surface area contributed by atoms with Gasteiger partial charge in [-0.1, -0.05) is 73.5 Å². The maximum Gasteiger partial charge on any atom is 0.410 e. The van der Waals surface area contributed by atoms with Crippen LogP contribution in [0, 0.1) is 27.9 Å². The van der Waals surface area contributed by atoms with Crippen molar-refractivity contribution in [2.75, 3.05) is 26.4 Å². The Balaban J connectivity index is 1.57. The predicted molar refractivity (Wildman–Crippen MR) is 233 cm³/mol. The van der Waals surface area contributed by atoms with E-state index in [9.17, 15) is 25.1 Å². The van der Waals surface area contributed by atoms with Gasteiger partial charge in [-0.05, 0) is 100 Å². The van der Waals surface area contributed by atoms with Crippen molar-refractivity contribution in [1.82, 2.24) is 4.90 Å². The van der Waals surface area contributed by atoms with E-state index in [-0.39, 0.29) is 56.3 Å². The van der Waals surface area contributed by atoms with Crippen molar-refractivity contribution in [3.05, 3.63) is 118 Å². The van der Waals surface area contributed by atoms with Crippen LogP contribution in [0.5, 0.6) is 17.2 Å². The zero-order valence-corrected chi connectivity index (χ0v) is 35.9. The van der Waals surface area contributed by atoms with Gasteiger partial charge in [-0.25, -0.2) is 4.79 Å². The quantitative estimate of drug-likeness (QED) is 0.0485. The van der Waals surface area contributed by atoms with Crippen molar-refractivity contribution in [3.8, 4) is 17.2 Å². The molecule has 3 aromatic carbocycles. The van der Waals surface area contributed by atoms with Crippen molar-refractivity contribution >= 4 is 17.5 Å². The lowest BCUT2D eigenvalue weighted by Gasteiger charge is -2.60. The maximum atomic E-state index is 14.5. The number of rotatable bonds is 20. The summed E-state index contributed by atoms with van der Waals surface area (Å²) in [5.41, 5.74) is 2.60. The van der Waals surface area contributed by atoms with Crippen LogP contribution in [0.15, 0.2) is 102 Å². The van der Waals surface area contributed by atoms with Crippen molar-refractivity contribution in [3.63, 3.8) is 0 Å². The Morgan fingerprint density at radius 3 is 2.44 bits per heavy atom. The van der Waals surface area contributed by atoms with E-state index in [4.69, 9.17) is 28.9 Å². The van der Waals surface area contributed by atoms with Crippen molar-refractivity contribution in [2.45, 2.75) is 109 Å². The molecule has 1 aliphatic heterocycles. The fourth-order valence-electron chi connectivity index (χ4n) is 9.12. The summed E-state index contributed by atoms with van der Waals surface area (Å²) in [6.07, 6.45) is 8.72. The minimum atomic E-state index is -1.45. The van der Waals surface area contributed by atoms with Crippen molar-refractivity contribution in [1.29, 1.82) is 0 Å². The molecule has 2 N–H and O–H groups in total. The van der Waals surface area contributed by atoms with Gasteiger partial charge in [0.25, 0.3) is 5.69 Å². The summed E-state index contributed by atoms with van der Waals surface area (Å²) in [4.78, 5) is 33.6. The highest BCUT2D eigenvalue weighted by Gasteiger charge is 2.65. The monoisotopic (exact) mass is 839 g/mol. The second-order valence-corrected chi connectivity index (χ2v) is 17.1. The highest BCUT2D eigenvalue weighted by Crippen LogP contribution is 2.62. The number of hydrogen-bond donors (Lipinski definition) is 2. The molecule has 6 atom stereocenters. The first-order chi connectivity index (χ1) is 29.4. The topological polar surface area (TPSA) is 162 Å². The molecule has 328 valence electrons. The van der Waals surface area contributed by atoms with Crippen LogP contribution in [0.25, 0.3) is 0 Å². The third-order valence-electron chi connectivity index (χ3n) is 11.6. The molecule has 0 unspecified atom stereocenters. The average molecular weight is 840 g/mol. The van der Waals surface area contributed by atoms with Crippen LogP contribution >= 0.6 is 0 Å². The van der Waals surface area contributed by atoms with Crippen LogP contribution in [0.1, 0.15) is 96.1 Å². The number of fused-ring (bicyclic) bond motifs is 2. The zero-order valence-electron chi connectivity index (χ0n) is 35.9. The Morgan fingerprint density at radius 2 is 1.75 bits per heavy atom. The fraction of sp³-hybridized carbons (Fsp3) is 0.500. The van der Waals surface area contributed by atoms with Crippen molar-refractivity contribution < 1.29 is 43.7 Å². The van der Waals surface area contributed by atoms with E-state index in [0.29, 0.717) is 48.8 Å². The zero-order chi connectivity index (χ0) is 43.6. The maximum absolute atomic E-state index is 14.5. The molecule has 0 aromatic heterocycles. The molecular formula is C48H61N3O10. The first-order valence-corrected chi connectivity index (χ1v) is 21.6. The number of nitrogens with zero attached hydrogens (tertiary/aromatic N) is 3. The Bertz CT molecular complexity index is 2030. The van der Waals surface area contributed by atoms with Gasteiger partial charge in [-0.2, -0.15) is 0 Å². The van der Waals surface area contributed by atoms with Gasteiger partial charge >= 0.3 is 6.09 Å². The molecule has 0 spiro atoms. The van der Waals surface area contributed by atoms with Gasteiger partial charge in [0.1, 0.15) is 35.5 Å². The minimum absolute atomic E-state index is 0.00500. The number of hydrogen-bond acceptors (Lipinski definition) is 11. The first-order valence-electron chi connectivity index (χ1n) is 21.6. The van der Waals surface area contributed by atoms with Gasteiger partial charge in [-0.15, -0.1) is 6.58 Å². The van der Waals surface area contributed by atoms with E-state index in [1.807, 2.05) is 70.2 Å². The molecule has 1 heterocycles. The minimum Gasteiger partial charge on any atom is -0.459 e. The number of allylic oxidation sites excluding steroid dienone is 1. The number of aliphatic hydroxyl groups is 2. The molecule has 1 fully saturated rings. The molecule has 13 heteroatoms. The van der Waals surface area contributed by atoms with Crippen LogP contribution in [0.2, 0.25) is 0 Å². The molecule has 13 nitrogen and oxygen atoms in total. The standard InChI is InChI=1S/C48H61N3O10/c1-6-24-50(46(54)57-32-33-16-9-8-10-17-33)43-31-41(49-61-47(3,4)5)39-28-34(18-11-13-25-52)38(21-12-14-26-53)44-40-30-37(59-36-20-15-19-35(29-36)51(55)56)22-23-42(40)60-48(43,45(39)44)58-27-7-2/h7-10,15-17,19-20,22-23,28-30,34,38,43-45,52-53H,2,6,11-14,18,21,24-27,31-32H2,1,3-5H3/t34-,38+,43-,44+,45+,48+/m0/s1. The third kappa shape index (κ3) is 10.6. The summed E-state index contributed by atoms with van der Waals surface area (Å²) < 4.78 is 26.7. The number of benzene rings is 3. The second-order valence-electron chi connectivity index (χ2n) is 17.1. The number of aliphatic hydroxyl groups excluding tert-OH is 2. The number of nitro groups is 1. The van der Waals surface area contributed by atoms with Crippen LogP contribution in [-0.4, -0.2) is 75.6 Å². The lowest BCUT2D eigenvalue weighted by atomic mass is 9.55. The summed E-state index contributed by atoms with van der Waals surface area (Å²) in [6, 6.07) is 20.5. The van der Waals surface area contributed by atoms with E-state index in [2.05, 4.69) is 12.7 Å². The Hall–Kier alpha value is -5.24. The molecule has 0 bridgehead atoms. The number of ether oxygens (including phenoxy) is 4. The SMILES string of the molecule is C=CCO[C@@]12Oc3ccc(Oc4cccc([N+](=O)[O-])c4)cc3[C@H]3[C@H](CCCCO)[C@@H](CCCCO)C=C(C(=NOC(C)(C)C)C[C@@H]1N(CCC)C(=O)OCc1ccccc1)[C@H]32. The van der Waals surface area contributed by atoms with E-state index in [0.717, 1.165) is 42.4 Å². The highest BCUT2D eigenvalue weighted by atomic mass is 16.7. The van der Waals surface area contributed by atoms with E-state index in [1.165, 1.54) is 12.1 Å². The molecule has 1 saturated carbocycles. The van der Waals surface area contributed by atoms with Crippen molar-refractivity contribution in [2.24, 2.45) is 22.9 Å².